The highest BCUT2D eigenvalue weighted by Gasteiger charge is 1.98. The van der Waals surface area contributed by atoms with Crippen LogP contribution in [0.4, 0.5) is 0 Å². The molecule has 102 valence electrons. The van der Waals surface area contributed by atoms with Crippen molar-refractivity contribution in [1.82, 2.24) is 10.6 Å². The normalized spacial score (nSPS) is 9.79. The Kier molecular flexibility index (Phi) is 5.94. The molecule has 2 N–H and O–H groups in total. The summed E-state index contributed by atoms with van der Waals surface area (Å²) in [6.07, 6.45) is 1.01. The van der Waals surface area contributed by atoms with E-state index >= 15 is 0 Å². The molecule has 1 rings (SSSR count). The van der Waals surface area contributed by atoms with E-state index < -0.39 is 0 Å². The fourth-order valence-electron chi connectivity index (χ4n) is 1.57. The first-order valence-corrected chi connectivity index (χ1v) is 6.59. The van der Waals surface area contributed by atoms with Crippen LogP contribution < -0.4 is 10.6 Å². The standard InChI is InChI=1S/C17H24N2/c1-13(2)15(4)18-11-6-12-19-16(5)17-9-7-14(3)8-10-17/h7-10,18-19H,1,4-6,11-12H2,2-3H3. The van der Waals surface area contributed by atoms with E-state index in [9.17, 15) is 0 Å². The van der Waals surface area contributed by atoms with Crippen molar-refractivity contribution in [2.24, 2.45) is 0 Å². The molecule has 0 aliphatic carbocycles. The molecule has 19 heavy (non-hydrogen) atoms. The van der Waals surface area contributed by atoms with E-state index in [1.54, 1.807) is 0 Å². The van der Waals surface area contributed by atoms with Gasteiger partial charge in [-0.05, 0) is 31.4 Å². The van der Waals surface area contributed by atoms with Crippen molar-refractivity contribution in [2.45, 2.75) is 20.3 Å². The van der Waals surface area contributed by atoms with Crippen LogP contribution in [0.3, 0.4) is 0 Å². The van der Waals surface area contributed by atoms with Crippen molar-refractivity contribution in [3.05, 3.63) is 66.4 Å². The summed E-state index contributed by atoms with van der Waals surface area (Å²) in [6.45, 7) is 17.6. The Labute approximate surface area is 116 Å². The molecule has 2 heteroatoms. The van der Waals surface area contributed by atoms with Gasteiger partial charge in [0.15, 0.2) is 0 Å². The van der Waals surface area contributed by atoms with E-state index in [1.807, 2.05) is 6.92 Å². The maximum absolute atomic E-state index is 4.05. The number of benzene rings is 1. The fourth-order valence-corrected chi connectivity index (χ4v) is 1.57. The predicted octanol–water partition coefficient (Wildman–Crippen LogP) is 3.62. The molecular weight excluding hydrogens is 232 g/mol. The van der Waals surface area contributed by atoms with E-state index in [0.717, 1.165) is 42.0 Å². The number of aryl methyl sites for hydroxylation is 1. The average molecular weight is 256 g/mol. The molecule has 0 spiro atoms. The summed E-state index contributed by atoms with van der Waals surface area (Å²) in [4.78, 5) is 0. The largest absolute Gasteiger partial charge is 0.385 e. The van der Waals surface area contributed by atoms with Crippen LogP contribution in [0.5, 0.6) is 0 Å². The second-order valence-corrected chi connectivity index (χ2v) is 4.81. The third kappa shape index (κ3) is 5.47. The molecule has 2 nitrogen and oxygen atoms in total. The van der Waals surface area contributed by atoms with Gasteiger partial charge in [-0.25, -0.2) is 0 Å². The fraction of sp³-hybridized carbons (Fsp3) is 0.294. The summed E-state index contributed by atoms with van der Waals surface area (Å²) >= 11 is 0. The topological polar surface area (TPSA) is 24.1 Å². The number of hydrogen-bond acceptors (Lipinski definition) is 2. The highest BCUT2D eigenvalue weighted by Crippen LogP contribution is 2.10. The minimum Gasteiger partial charge on any atom is -0.385 e. The number of rotatable bonds is 8. The number of hydrogen-bond donors (Lipinski definition) is 2. The van der Waals surface area contributed by atoms with Crippen molar-refractivity contribution in [1.29, 1.82) is 0 Å². The van der Waals surface area contributed by atoms with Crippen LogP contribution in [0.25, 0.3) is 5.70 Å². The lowest BCUT2D eigenvalue weighted by Crippen LogP contribution is -2.20. The lowest BCUT2D eigenvalue weighted by atomic mass is 10.1. The first-order chi connectivity index (χ1) is 9.00. The summed E-state index contributed by atoms with van der Waals surface area (Å²) in [5, 5.41) is 6.57. The van der Waals surface area contributed by atoms with Gasteiger partial charge in [-0.3, -0.25) is 0 Å². The van der Waals surface area contributed by atoms with Crippen molar-refractivity contribution in [3.63, 3.8) is 0 Å². The van der Waals surface area contributed by atoms with Gasteiger partial charge in [0.25, 0.3) is 0 Å². The van der Waals surface area contributed by atoms with Gasteiger partial charge in [-0.1, -0.05) is 49.6 Å². The zero-order valence-electron chi connectivity index (χ0n) is 12.1. The molecule has 0 aliphatic heterocycles. The predicted molar refractivity (Wildman–Crippen MR) is 84.8 cm³/mol. The second kappa shape index (κ2) is 7.47. The molecule has 0 bridgehead atoms. The zero-order valence-corrected chi connectivity index (χ0v) is 12.1. The summed E-state index contributed by atoms with van der Waals surface area (Å²) in [5.74, 6) is 0. The Morgan fingerprint density at radius 3 is 2.16 bits per heavy atom. The Bertz CT molecular complexity index is 455. The molecule has 0 unspecified atom stereocenters. The van der Waals surface area contributed by atoms with Crippen LogP contribution in [0.1, 0.15) is 24.5 Å². The van der Waals surface area contributed by atoms with E-state index in [0.29, 0.717) is 0 Å². The monoisotopic (exact) mass is 256 g/mol. The first kappa shape index (κ1) is 15.1. The molecule has 1 aromatic rings. The van der Waals surface area contributed by atoms with Gasteiger partial charge in [0.1, 0.15) is 0 Å². The van der Waals surface area contributed by atoms with Gasteiger partial charge < -0.3 is 10.6 Å². The molecule has 0 saturated carbocycles. The van der Waals surface area contributed by atoms with Crippen molar-refractivity contribution in [3.8, 4) is 0 Å². The highest BCUT2D eigenvalue weighted by atomic mass is 14.9. The van der Waals surface area contributed by atoms with E-state index in [-0.39, 0.29) is 0 Å². The molecule has 0 radical (unpaired) electrons. The molecule has 0 saturated heterocycles. The van der Waals surface area contributed by atoms with Crippen molar-refractivity contribution in [2.75, 3.05) is 13.1 Å². The molecule has 0 heterocycles. The first-order valence-electron chi connectivity index (χ1n) is 6.59. The Morgan fingerprint density at radius 2 is 1.58 bits per heavy atom. The molecule has 0 atom stereocenters. The van der Waals surface area contributed by atoms with Gasteiger partial charge in [0, 0.05) is 24.5 Å². The highest BCUT2D eigenvalue weighted by molar-refractivity contribution is 5.61. The third-order valence-corrected chi connectivity index (χ3v) is 2.95. The quantitative estimate of drug-likeness (QED) is 0.548. The van der Waals surface area contributed by atoms with Crippen LogP contribution in [-0.4, -0.2) is 13.1 Å². The minimum absolute atomic E-state index is 0.889. The van der Waals surface area contributed by atoms with Crippen LogP contribution in [0, 0.1) is 6.92 Å². The number of allylic oxidation sites excluding steroid dienone is 1. The van der Waals surface area contributed by atoms with Crippen LogP contribution in [-0.2, 0) is 0 Å². The molecule has 0 fully saturated rings. The Morgan fingerprint density at radius 1 is 1.00 bits per heavy atom. The summed E-state index contributed by atoms with van der Waals surface area (Å²) in [6, 6.07) is 8.37. The lowest BCUT2D eigenvalue weighted by molar-refractivity contribution is 0.703. The summed E-state index contributed by atoms with van der Waals surface area (Å²) in [7, 11) is 0. The van der Waals surface area contributed by atoms with Crippen LogP contribution in [0.2, 0.25) is 0 Å². The van der Waals surface area contributed by atoms with Gasteiger partial charge in [0.2, 0.25) is 0 Å². The third-order valence-electron chi connectivity index (χ3n) is 2.95. The molecule has 0 aliphatic rings. The van der Waals surface area contributed by atoms with E-state index in [4.69, 9.17) is 0 Å². The second-order valence-electron chi connectivity index (χ2n) is 4.81. The van der Waals surface area contributed by atoms with Gasteiger partial charge >= 0.3 is 0 Å². The van der Waals surface area contributed by atoms with Gasteiger partial charge in [-0.15, -0.1) is 0 Å². The smallest absolute Gasteiger partial charge is 0.0340 e. The SMILES string of the molecule is C=C(C)C(=C)NCCCNC(=C)c1ccc(C)cc1. The van der Waals surface area contributed by atoms with E-state index in [1.165, 1.54) is 5.56 Å². The zero-order chi connectivity index (χ0) is 14.3. The molecule has 1 aromatic carbocycles. The molecular formula is C17H24N2. The van der Waals surface area contributed by atoms with Gasteiger partial charge in [-0.2, -0.15) is 0 Å². The maximum Gasteiger partial charge on any atom is 0.0340 e. The average Bonchev–Trinajstić information content (AvgIpc) is 2.38. The Hall–Kier alpha value is -1.96. The molecule has 0 amide bonds. The summed E-state index contributed by atoms with van der Waals surface area (Å²) in [5.41, 5.74) is 5.28. The minimum atomic E-state index is 0.889. The van der Waals surface area contributed by atoms with Crippen LogP contribution in [0.15, 0.2) is 55.3 Å². The lowest BCUT2D eigenvalue weighted by Gasteiger charge is -2.12. The van der Waals surface area contributed by atoms with Gasteiger partial charge in [0.05, 0.1) is 0 Å². The Balaban J connectivity index is 2.23. The molecule has 0 aromatic heterocycles. The van der Waals surface area contributed by atoms with Crippen molar-refractivity contribution < 1.29 is 0 Å². The maximum atomic E-state index is 4.05. The number of nitrogens with one attached hydrogen (secondary N) is 2. The summed E-state index contributed by atoms with van der Waals surface area (Å²) < 4.78 is 0. The van der Waals surface area contributed by atoms with Crippen LogP contribution >= 0.6 is 0 Å². The van der Waals surface area contributed by atoms with E-state index in [2.05, 4.69) is 61.6 Å². The van der Waals surface area contributed by atoms with Crippen molar-refractivity contribution >= 4 is 5.70 Å².